The van der Waals surface area contributed by atoms with Gasteiger partial charge in [-0.05, 0) is 31.3 Å². The number of rotatable bonds is 12. The number of carbonyl (C=O) groups is 2. The van der Waals surface area contributed by atoms with E-state index in [1.54, 1.807) is 13.0 Å². The third-order valence-electron chi connectivity index (χ3n) is 11.7. The number of hydrogen-bond donors (Lipinski definition) is 4. The highest BCUT2D eigenvalue weighted by molar-refractivity contribution is 6.05. The molecule has 0 aromatic carbocycles. The molecule has 8 nitrogen and oxygen atoms in total. The Labute approximate surface area is 238 Å². The lowest BCUT2D eigenvalue weighted by atomic mass is 9.59. The van der Waals surface area contributed by atoms with Gasteiger partial charge in [0.1, 0.15) is 17.3 Å². The molecule has 8 heteroatoms. The first-order valence-corrected chi connectivity index (χ1v) is 15.7. The van der Waals surface area contributed by atoms with Crippen molar-refractivity contribution in [2.24, 2.45) is 29.1 Å². The molecule has 4 aliphatic carbocycles. The highest BCUT2D eigenvalue weighted by Gasteiger charge is 2.90. The second-order valence-corrected chi connectivity index (χ2v) is 14.2. The third kappa shape index (κ3) is 3.95. The van der Waals surface area contributed by atoms with E-state index in [-0.39, 0.29) is 17.5 Å². The van der Waals surface area contributed by atoms with E-state index in [0.717, 1.165) is 19.3 Å². The maximum atomic E-state index is 13.2. The normalized spacial score (nSPS) is 45.9. The van der Waals surface area contributed by atoms with Gasteiger partial charge in [0.25, 0.3) is 0 Å². The number of aliphatic hydroxyl groups is 4. The Balaban J connectivity index is 1.32. The zero-order valence-corrected chi connectivity index (χ0v) is 24.9. The van der Waals surface area contributed by atoms with Gasteiger partial charge in [-0.25, -0.2) is 0 Å². The second-order valence-electron chi connectivity index (χ2n) is 14.2. The van der Waals surface area contributed by atoms with E-state index in [4.69, 9.17) is 9.47 Å². The minimum Gasteiger partial charge on any atom is -0.458 e. The number of aliphatic hydroxyl groups excluding tert-OH is 2. The van der Waals surface area contributed by atoms with Crippen molar-refractivity contribution in [3.05, 3.63) is 11.6 Å². The molecule has 1 aliphatic heterocycles. The number of esters is 1. The van der Waals surface area contributed by atoms with Crippen molar-refractivity contribution < 1.29 is 39.5 Å². The number of carbonyl (C=O) groups excluding carboxylic acids is 2. The molecule has 1 heterocycles. The molecule has 0 amide bonds. The van der Waals surface area contributed by atoms with E-state index in [0.29, 0.717) is 12.8 Å². The summed E-state index contributed by atoms with van der Waals surface area (Å²) in [7, 11) is 0. The Morgan fingerprint density at radius 2 is 1.68 bits per heavy atom. The molecule has 5 rings (SSSR count). The smallest absolute Gasteiger partial charge is 0.306 e. The second kappa shape index (κ2) is 10.1. The Hall–Kier alpha value is -1.32. The minimum absolute atomic E-state index is 0.238. The quantitative estimate of drug-likeness (QED) is 0.161. The van der Waals surface area contributed by atoms with Crippen LogP contribution < -0.4 is 0 Å². The van der Waals surface area contributed by atoms with Gasteiger partial charge in [-0.1, -0.05) is 85.1 Å². The van der Waals surface area contributed by atoms with Gasteiger partial charge in [-0.15, -0.1) is 0 Å². The largest absolute Gasteiger partial charge is 0.458 e. The first-order valence-electron chi connectivity index (χ1n) is 15.7. The average Bonchev–Trinajstić information content (AvgIpc) is 3.73. The molecule has 226 valence electrons. The number of Topliss-reactive ketones (excluding diaryl/α,β-unsaturated/α-hetero) is 1. The summed E-state index contributed by atoms with van der Waals surface area (Å²) in [6.07, 6.45) is 10.3. The first kappa shape index (κ1) is 30.1. The van der Waals surface area contributed by atoms with Gasteiger partial charge in [0.2, 0.25) is 0 Å². The zero-order valence-electron chi connectivity index (χ0n) is 24.9. The zero-order chi connectivity index (χ0) is 29.3. The lowest BCUT2D eigenvalue weighted by Crippen LogP contribution is -2.65. The molecular formula is C32H50O8. The van der Waals surface area contributed by atoms with Crippen LogP contribution in [0.3, 0.4) is 0 Å². The van der Waals surface area contributed by atoms with Gasteiger partial charge < -0.3 is 29.9 Å². The van der Waals surface area contributed by atoms with Crippen molar-refractivity contribution in [2.45, 2.75) is 140 Å². The predicted octanol–water partition coefficient (Wildman–Crippen LogP) is 3.61. The fraction of sp³-hybridized carbons (Fsp3) is 0.875. The SMILES string of the molecule is CCCCCCCCCCCC(=O)O[C@@]12C[C@@H](C)[C@@]3(O)[C@H]([C@@H]1C2(C)C)[C@@H]1O[C@]1(CO)[C@@H](O)[C@]1(O)C(=O)C(C)=C[C@H]13. The minimum atomic E-state index is -2.30. The van der Waals surface area contributed by atoms with Gasteiger partial charge >= 0.3 is 5.97 Å². The van der Waals surface area contributed by atoms with Crippen LogP contribution in [-0.4, -0.2) is 73.4 Å². The Morgan fingerprint density at radius 3 is 2.27 bits per heavy atom. The Kier molecular flexibility index (Phi) is 7.65. The molecule has 1 saturated heterocycles. The number of ether oxygens (including phenoxy) is 2. The molecule has 0 aromatic heterocycles. The Morgan fingerprint density at radius 1 is 1.07 bits per heavy atom. The van der Waals surface area contributed by atoms with Crippen molar-refractivity contribution in [1.82, 2.24) is 0 Å². The van der Waals surface area contributed by atoms with E-state index < -0.39 is 70.2 Å². The number of ketones is 1. The van der Waals surface area contributed by atoms with Crippen molar-refractivity contribution in [3.63, 3.8) is 0 Å². The third-order valence-corrected chi connectivity index (χ3v) is 11.7. The summed E-state index contributed by atoms with van der Waals surface area (Å²) in [6.45, 7) is 9.11. The number of hydrogen-bond acceptors (Lipinski definition) is 8. The maximum absolute atomic E-state index is 13.2. The summed E-state index contributed by atoms with van der Waals surface area (Å²) in [4.78, 5) is 26.4. The molecule has 5 aliphatic rings. The van der Waals surface area contributed by atoms with E-state index in [2.05, 4.69) is 6.92 Å². The van der Waals surface area contributed by atoms with Crippen LogP contribution in [0.2, 0.25) is 0 Å². The molecule has 3 saturated carbocycles. The van der Waals surface area contributed by atoms with Crippen molar-refractivity contribution in [3.8, 4) is 0 Å². The standard InChI is InChI=1S/C32H50O8/c1-6-7-8-9-10-11-12-13-14-15-22(34)39-30-17-20(3)31(37)21-16-19(2)25(35)32(21,38)27(36)29(18-33)26(40-29)23(31)24(30)28(30,4)5/h16,20-21,23-24,26-27,33,36-38H,6-15,17-18H2,1-5H3/t20-,21+,23-,24-,26+,27-,29+,30+,31+,32-/m1/s1. The molecule has 4 fully saturated rings. The summed E-state index contributed by atoms with van der Waals surface area (Å²) >= 11 is 0. The number of unbranched alkanes of at least 4 members (excludes halogenated alkanes) is 8. The van der Waals surface area contributed by atoms with Gasteiger partial charge in [0.15, 0.2) is 11.4 Å². The fourth-order valence-corrected chi connectivity index (χ4v) is 9.28. The number of epoxide rings is 1. The summed E-state index contributed by atoms with van der Waals surface area (Å²) in [5.74, 6) is -3.39. The van der Waals surface area contributed by atoms with Crippen LogP contribution in [0.4, 0.5) is 0 Å². The molecule has 0 unspecified atom stereocenters. The van der Waals surface area contributed by atoms with E-state index >= 15 is 0 Å². The molecule has 0 radical (unpaired) electrons. The lowest BCUT2D eigenvalue weighted by Gasteiger charge is -2.51. The molecule has 0 spiro atoms. The topological polar surface area (TPSA) is 137 Å². The van der Waals surface area contributed by atoms with Gasteiger partial charge in [-0.3, -0.25) is 9.59 Å². The summed E-state index contributed by atoms with van der Waals surface area (Å²) in [5.41, 5.74) is -6.50. The van der Waals surface area contributed by atoms with Gasteiger partial charge in [0, 0.05) is 29.6 Å². The van der Waals surface area contributed by atoms with E-state index in [9.17, 15) is 30.0 Å². The molecular weight excluding hydrogens is 512 g/mol. The van der Waals surface area contributed by atoms with Crippen LogP contribution >= 0.6 is 0 Å². The Bertz CT molecular complexity index is 1050. The summed E-state index contributed by atoms with van der Waals surface area (Å²) < 4.78 is 12.3. The summed E-state index contributed by atoms with van der Waals surface area (Å²) in [5, 5.41) is 46.1. The van der Waals surface area contributed by atoms with Crippen molar-refractivity contribution >= 4 is 11.8 Å². The van der Waals surface area contributed by atoms with Crippen LogP contribution in [0.15, 0.2) is 11.6 Å². The lowest BCUT2D eigenvalue weighted by molar-refractivity contribution is -0.215. The molecule has 0 bridgehead atoms. The summed E-state index contributed by atoms with van der Waals surface area (Å²) in [6, 6.07) is 0. The molecule has 4 N–H and O–H groups in total. The average molecular weight is 563 g/mol. The van der Waals surface area contributed by atoms with Crippen molar-refractivity contribution in [1.29, 1.82) is 0 Å². The van der Waals surface area contributed by atoms with Crippen molar-refractivity contribution in [2.75, 3.05) is 6.61 Å². The van der Waals surface area contributed by atoms with E-state index in [1.807, 2.05) is 20.8 Å². The number of fused-ring (bicyclic) bond motifs is 7. The maximum Gasteiger partial charge on any atom is 0.306 e. The van der Waals surface area contributed by atoms with Crippen LogP contribution in [0.1, 0.15) is 105 Å². The van der Waals surface area contributed by atoms with Gasteiger partial charge in [0.05, 0.1) is 18.3 Å². The first-order chi connectivity index (χ1) is 18.8. The molecule has 40 heavy (non-hydrogen) atoms. The molecule has 10 atom stereocenters. The van der Waals surface area contributed by atoms with Crippen LogP contribution in [0.25, 0.3) is 0 Å². The predicted molar refractivity (Wildman–Crippen MR) is 148 cm³/mol. The highest BCUT2D eigenvalue weighted by Crippen LogP contribution is 2.79. The van der Waals surface area contributed by atoms with Gasteiger partial charge in [-0.2, -0.15) is 0 Å². The fourth-order valence-electron chi connectivity index (χ4n) is 9.28. The van der Waals surface area contributed by atoms with Crippen LogP contribution in [-0.2, 0) is 19.1 Å². The molecule has 0 aromatic rings. The monoisotopic (exact) mass is 562 g/mol. The van der Waals surface area contributed by atoms with E-state index in [1.165, 1.54) is 38.5 Å². The van der Waals surface area contributed by atoms with Crippen LogP contribution in [0, 0.1) is 29.1 Å². The highest BCUT2D eigenvalue weighted by atomic mass is 16.6. The van der Waals surface area contributed by atoms with Crippen LogP contribution in [0.5, 0.6) is 0 Å².